The summed E-state index contributed by atoms with van der Waals surface area (Å²) in [4.78, 5) is 20.9. The van der Waals surface area contributed by atoms with Crippen molar-refractivity contribution in [3.05, 3.63) is 30.1 Å². The van der Waals surface area contributed by atoms with E-state index in [2.05, 4.69) is 15.3 Å². The van der Waals surface area contributed by atoms with Crippen LogP contribution in [0.15, 0.2) is 24.3 Å². The molecule has 0 radical (unpaired) electrons. The maximum atomic E-state index is 12.9. The number of fused-ring (bicyclic) bond motifs is 1. The molecular formula is C20H25N3O. The molecule has 0 saturated heterocycles. The van der Waals surface area contributed by atoms with Gasteiger partial charge in [-0.15, -0.1) is 0 Å². The Morgan fingerprint density at radius 3 is 2.46 bits per heavy atom. The molecule has 4 fully saturated rings. The number of nitrogens with zero attached hydrogens (tertiary/aromatic N) is 1. The third kappa shape index (κ3) is 2.35. The van der Waals surface area contributed by atoms with Gasteiger partial charge in [-0.05, 0) is 68.4 Å². The van der Waals surface area contributed by atoms with Gasteiger partial charge in [-0.1, -0.05) is 12.1 Å². The van der Waals surface area contributed by atoms with Gasteiger partial charge in [0.1, 0.15) is 5.82 Å². The highest BCUT2D eigenvalue weighted by molar-refractivity contribution is 5.83. The molecule has 24 heavy (non-hydrogen) atoms. The summed E-state index contributed by atoms with van der Waals surface area (Å²) in [6, 6.07) is 8.07. The van der Waals surface area contributed by atoms with Crippen LogP contribution in [0.2, 0.25) is 0 Å². The average Bonchev–Trinajstić information content (AvgIpc) is 2.96. The number of amides is 1. The maximum Gasteiger partial charge on any atom is 0.226 e. The molecule has 2 N–H and O–H groups in total. The lowest BCUT2D eigenvalue weighted by atomic mass is 9.49. The number of carbonyl (C=O) groups is 1. The van der Waals surface area contributed by atoms with Crippen molar-refractivity contribution in [3.8, 4) is 0 Å². The van der Waals surface area contributed by atoms with Gasteiger partial charge in [-0.25, -0.2) is 4.98 Å². The summed E-state index contributed by atoms with van der Waals surface area (Å²) in [5.41, 5.74) is 2.03. The summed E-state index contributed by atoms with van der Waals surface area (Å²) >= 11 is 0. The first-order chi connectivity index (χ1) is 11.7. The summed E-state index contributed by atoms with van der Waals surface area (Å²) in [7, 11) is 0. The molecule has 0 unspecified atom stereocenters. The minimum atomic E-state index is -0.0391. The van der Waals surface area contributed by atoms with Crippen LogP contribution in [0.5, 0.6) is 0 Å². The topological polar surface area (TPSA) is 57.8 Å². The molecule has 4 heteroatoms. The van der Waals surface area contributed by atoms with Crippen LogP contribution in [0.3, 0.4) is 0 Å². The van der Waals surface area contributed by atoms with E-state index in [0.29, 0.717) is 12.5 Å². The fraction of sp³-hybridized carbons (Fsp3) is 0.600. The first-order valence-corrected chi connectivity index (χ1v) is 9.42. The van der Waals surface area contributed by atoms with Gasteiger partial charge in [0.25, 0.3) is 0 Å². The number of aromatic amines is 1. The number of rotatable bonds is 4. The predicted octanol–water partition coefficient (Wildman–Crippen LogP) is 3.44. The number of carbonyl (C=O) groups excluding carboxylic acids is 1. The standard InChI is InChI=1S/C20H25N3O/c24-19(20-10-13-7-14(11-20)9-15(8-13)12-20)21-6-5-18-22-16-3-1-2-4-17(16)23-18/h1-4,13-15H,5-12H2,(H,21,24)(H,22,23). The Labute approximate surface area is 142 Å². The molecule has 1 aromatic heterocycles. The maximum absolute atomic E-state index is 12.9. The number of imidazole rings is 1. The highest BCUT2D eigenvalue weighted by Crippen LogP contribution is 2.60. The Morgan fingerprint density at radius 2 is 1.79 bits per heavy atom. The van der Waals surface area contributed by atoms with Gasteiger partial charge in [0.15, 0.2) is 0 Å². The van der Waals surface area contributed by atoms with Crippen LogP contribution in [0, 0.1) is 23.2 Å². The molecule has 4 nitrogen and oxygen atoms in total. The monoisotopic (exact) mass is 323 g/mol. The minimum Gasteiger partial charge on any atom is -0.355 e. The van der Waals surface area contributed by atoms with E-state index in [4.69, 9.17) is 0 Å². The summed E-state index contributed by atoms with van der Waals surface area (Å²) in [6.07, 6.45) is 8.32. The summed E-state index contributed by atoms with van der Waals surface area (Å²) < 4.78 is 0. The molecule has 4 bridgehead atoms. The summed E-state index contributed by atoms with van der Waals surface area (Å²) in [6.45, 7) is 0.681. The van der Waals surface area contributed by atoms with Crippen LogP contribution in [-0.4, -0.2) is 22.4 Å². The van der Waals surface area contributed by atoms with E-state index in [-0.39, 0.29) is 5.41 Å². The average molecular weight is 323 g/mol. The SMILES string of the molecule is O=C(NCCc1nc2ccccc2[nH]1)C12CC3CC(CC(C3)C1)C2. The van der Waals surface area contributed by atoms with Gasteiger partial charge < -0.3 is 10.3 Å². The lowest BCUT2D eigenvalue weighted by molar-refractivity contribution is -0.146. The number of H-pyrrole nitrogens is 1. The number of benzene rings is 1. The van der Waals surface area contributed by atoms with Crippen LogP contribution in [0.4, 0.5) is 0 Å². The zero-order valence-corrected chi connectivity index (χ0v) is 14.1. The molecule has 0 atom stereocenters. The fourth-order valence-electron chi connectivity index (χ4n) is 5.99. The Bertz CT molecular complexity index is 710. The third-order valence-electron chi connectivity index (χ3n) is 6.61. The highest BCUT2D eigenvalue weighted by atomic mass is 16.2. The minimum absolute atomic E-state index is 0.0391. The van der Waals surface area contributed by atoms with E-state index in [9.17, 15) is 4.79 Å². The summed E-state index contributed by atoms with van der Waals surface area (Å²) in [5.74, 6) is 3.73. The lowest BCUT2D eigenvalue weighted by Crippen LogP contribution is -2.53. The van der Waals surface area contributed by atoms with Crippen LogP contribution in [0.25, 0.3) is 11.0 Å². The number of aromatic nitrogens is 2. The van der Waals surface area contributed by atoms with E-state index in [1.807, 2.05) is 24.3 Å². The van der Waals surface area contributed by atoms with Gasteiger partial charge in [-0.3, -0.25) is 4.79 Å². The number of nitrogens with one attached hydrogen (secondary N) is 2. The Hall–Kier alpha value is -1.84. The van der Waals surface area contributed by atoms with Crippen LogP contribution in [0.1, 0.15) is 44.3 Å². The van der Waals surface area contributed by atoms with Crippen LogP contribution in [-0.2, 0) is 11.2 Å². The van der Waals surface area contributed by atoms with Gasteiger partial charge in [0.2, 0.25) is 5.91 Å². The second-order valence-corrected chi connectivity index (χ2v) is 8.40. The van der Waals surface area contributed by atoms with Crippen molar-refractivity contribution in [2.45, 2.75) is 44.9 Å². The normalized spacial score (nSPS) is 33.9. The molecule has 6 rings (SSSR count). The van der Waals surface area contributed by atoms with E-state index >= 15 is 0 Å². The van der Waals surface area contributed by atoms with Gasteiger partial charge in [0.05, 0.1) is 11.0 Å². The lowest BCUT2D eigenvalue weighted by Gasteiger charge is -2.55. The molecule has 0 aliphatic heterocycles. The first-order valence-electron chi connectivity index (χ1n) is 9.42. The van der Waals surface area contributed by atoms with Crippen molar-refractivity contribution in [1.82, 2.24) is 15.3 Å². The van der Waals surface area contributed by atoms with Crippen molar-refractivity contribution >= 4 is 16.9 Å². The van der Waals surface area contributed by atoms with E-state index < -0.39 is 0 Å². The van der Waals surface area contributed by atoms with Crippen molar-refractivity contribution in [3.63, 3.8) is 0 Å². The quantitative estimate of drug-likeness (QED) is 0.905. The smallest absolute Gasteiger partial charge is 0.226 e. The number of hydrogen-bond acceptors (Lipinski definition) is 2. The third-order valence-corrected chi connectivity index (χ3v) is 6.61. The van der Waals surface area contributed by atoms with Gasteiger partial charge >= 0.3 is 0 Å². The first kappa shape index (κ1) is 14.5. The number of para-hydroxylation sites is 2. The molecule has 1 aromatic carbocycles. The fourth-order valence-corrected chi connectivity index (χ4v) is 5.99. The summed E-state index contributed by atoms with van der Waals surface area (Å²) in [5, 5.41) is 3.23. The van der Waals surface area contributed by atoms with Crippen molar-refractivity contribution in [2.75, 3.05) is 6.54 Å². The molecular weight excluding hydrogens is 298 g/mol. The second kappa shape index (κ2) is 5.33. The highest BCUT2D eigenvalue weighted by Gasteiger charge is 2.54. The predicted molar refractivity (Wildman–Crippen MR) is 93.4 cm³/mol. The van der Waals surface area contributed by atoms with Gasteiger partial charge in [0, 0.05) is 18.4 Å². The molecule has 4 aliphatic rings. The van der Waals surface area contributed by atoms with Crippen LogP contribution < -0.4 is 5.32 Å². The van der Waals surface area contributed by atoms with E-state index in [1.165, 1.54) is 19.3 Å². The molecule has 4 aliphatic carbocycles. The zero-order chi connectivity index (χ0) is 16.1. The zero-order valence-electron chi connectivity index (χ0n) is 14.1. The van der Waals surface area contributed by atoms with Crippen LogP contribution >= 0.6 is 0 Å². The molecule has 1 heterocycles. The van der Waals surface area contributed by atoms with Crippen molar-refractivity contribution in [1.29, 1.82) is 0 Å². The second-order valence-electron chi connectivity index (χ2n) is 8.40. The molecule has 126 valence electrons. The number of hydrogen-bond donors (Lipinski definition) is 2. The van der Waals surface area contributed by atoms with E-state index in [0.717, 1.165) is 60.3 Å². The van der Waals surface area contributed by atoms with Crippen molar-refractivity contribution in [2.24, 2.45) is 23.2 Å². The van der Waals surface area contributed by atoms with E-state index in [1.54, 1.807) is 0 Å². The van der Waals surface area contributed by atoms with Crippen molar-refractivity contribution < 1.29 is 4.79 Å². The molecule has 2 aromatic rings. The van der Waals surface area contributed by atoms with Gasteiger partial charge in [-0.2, -0.15) is 0 Å². The largest absolute Gasteiger partial charge is 0.355 e. The Morgan fingerprint density at radius 1 is 1.12 bits per heavy atom. The molecule has 1 amide bonds. The Kier molecular flexibility index (Phi) is 3.22. The Balaban J connectivity index is 1.23. The molecule has 0 spiro atoms. The molecule has 4 saturated carbocycles.